The van der Waals surface area contributed by atoms with Crippen molar-refractivity contribution >= 4 is 23.5 Å². The number of hydrogen-bond acceptors (Lipinski definition) is 13. The molecule has 0 unspecified atom stereocenters. The van der Waals surface area contributed by atoms with Crippen molar-refractivity contribution in [3.63, 3.8) is 0 Å². The molecule has 224 valence electrons. The maximum Gasteiger partial charge on any atom is 0.254 e. The molecule has 16 heteroatoms. The van der Waals surface area contributed by atoms with Gasteiger partial charge in [0.25, 0.3) is 5.91 Å². The first-order valence-corrected chi connectivity index (χ1v) is 12.6. The molecule has 1 aromatic rings. The summed E-state index contributed by atoms with van der Waals surface area (Å²) in [5, 5.41) is 59.2. The third-order valence-electron chi connectivity index (χ3n) is 6.55. The molecule has 8 N–H and O–H groups in total. The van der Waals surface area contributed by atoms with E-state index in [1.54, 1.807) is 25.1 Å². The Balaban J connectivity index is 1.84. The van der Waals surface area contributed by atoms with Gasteiger partial charge >= 0.3 is 0 Å². The van der Waals surface area contributed by atoms with Crippen molar-refractivity contribution in [2.24, 2.45) is 0 Å². The Morgan fingerprint density at radius 3 is 2.05 bits per heavy atom. The third kappa shape index (κ3) is 7.21. The molecule has 1 aromatic heterocycles. The van der Waals surface area contributed by atoms with Gasteiger partial charge < -0.3 is 60.6 Å². The molecule has 0 aromatic carbocycles. The van der Waals surface area contributed by atoms with Crippen molar-refractivity contribution in [2.75, 3.05) is 32.2 Å². The minimum Gasteiger partial charge on any atom is -0.394 e. The number of aromatic nitrogens is 1. The van der Waals surface area contributed by atoms with E-state index in [4.69, 9.17) is 14.2 Å². The highest BCUT2D eigenvalue weighted by Gasteiger charge is 2.51. The van der Waals surface area contributed by atoms with Gasteiger partial charge in [-0.15, -0.1) is 0 Å². The molecular formula is C24H37N5O11. The number of nitrogens with zero attached hydrogens (tertiary/aromatic N) is 2. The minimum absolute atomic E-state index is 0.167. The van der Waals surface area contributed by atoms with Crippen molar-refractivity contribution in [1.29, 1.82) is 0 Å². The van der Waals surface area contributed by atoms with E-state index in [2.05, 4.69) is 20.9 Å². The number of hydrogen-bond donors (Lipinski definition) is 8. The average Bonchev–Trinajstić information content (AvgIpc) is 2.91. The highest BCUT2D eigenvalue weighted by molar-refractivity contribution is 5.94. The van der Waals surface area contributed by atoms with Crippen molar-refractivity contribution in [3.8, 4) is 0 Å². The zero-order valence-corrected chi connectivity index (χ0v) is 22.5. The summed E-state index contributed by atoms with van der Waals surface area (Å²) in [4.78, 5) is 42.6. The van der Waals surface area contributed by atoms with E-state index < -0.39 is 92.2 Å². The van der Waals surface area contributed by atoms with Gasteiger partial charge in [0.05, 0.1) is 18.8 Å². The summed E-state index contributed by atoms with van der Waals surface area (Å²) >= 11 is 0. The molecule has 0 spiro atoms. The van der Waals surface area contributed by atoms with E-state index in [9.17, 15) is 39.9 Å². The number of amides is 3. The Bertz CT molecular complexity index is 1030. The first-order chi connectivity index (χ1) is 18.9. The zero-order chi connectivity index (χ0) is 29.7. The molecule has 10 atom stereocenters. The monoisotopic (exact) mass is 571 g/mol. The van der Waals surface area contributed by atoms with Crippen molar-refractivity contribution in [1.82, 2.24) is 20.9 Å². The van der Waals surface area contributed by atoms with Gasteiger partial charge in [-0.25, -0.2) is 4.98 Å². The molecule has 40 heavy (non-hydrogen) atoms. The van der Waals surface area contributed by atoms with E-state index in [1.165, 1.54) is 19.2 Å². The van der Waals surface area contributed by atoms with Crippen molar-refractivity contribution < 1.29 is 54.1 Å². The molecule has 0 radical (unpaired) electrons. The van der Waals surface area contributed by atoms with Crippen LogP contribution in [0, 0.1) is 0 Å². The van der Waals surface area contributed by atoms with Crippen LogP contribution < -0.4 is 20.9 Å². The number of nitrogens with one attached hydrogen (secondary N) is 3. The smallest absolute Gasteiger partial charge is 0.254 e. The summed E-state index contributed by atoms with van der Waals surface area (Å²) in [6, 6.07) is 0.531. The molecule has 2 aliphatic rings. The molecule has 16 nitrogen and oxygen atoms in total. The van der Waals surface area contributed by atoms with Crippen LogP contribution in [-0.2, 0) is 23.8 Å². The van der Waals surface area contributed by atoms with Gasteiger partial charge in [0.2, 0.25) is 11.8 Å². The predicted molar refractivity (Wildman–Crippen MR) is 136 cm³/mol. The van der Waals surface area contributed by atoms with E-state index in [0.717, 1.165) is 6.92 Å². The van der Waals surface area contributed by atoms with Crippen LogP contribution in [0.4, 0.5) is 5.82 Å². The van der Waals surface area contributed by atoms with Crippen LogP contribution in [0.1, 0.15) is 24.2 Å². The Kier molecular flexibility index (Phi) is 10.7. The number of carbonyl (C=O) groups excluding carboxylic acids is 3. The second kappa shape index (κ2) is 13.6. The van der Waals surface area contributed by atoms with Gasteiger partial charge in [0.1, 0.15) is 54.5 Å². The lowest BCUT2D eigenvalue weighted by Gasteiger charge is -2.48. The lowest BCUT2D eigenvalue weighted by atomic mass is 9.94. The highest BCUT2D eigenvalue weighted by atomic mass is 16.7. The number of anilines is 1. The van der Waals surface area contributed by atoms with Gasteiger partial charge in [0, 0.05) is 34.1 Å². The largest absolute Gasteiger partial charge is 0.394 e. The fraction of sp³-hybridized carbons (Fsp3) is 0.667. The number of aliphatic hydroxyl groups is 5. The van der Waals surface area contributed by atoms with Gasteiger partial charge in [0.15, 0.2) is 12.5 Å². The molecule has 3 heterocycles. The van der Waals surface area contributed by atoms with Crippen LogP contribution in [-0.4, -0.2) is 137 Å². The molecular weight excluding hydrogens is 534 g/mol. The Morgan fingerprint density at radius 2 is 1.52 bits per heavy atom. The molecule has 3 rings (SSSR count). The van der Waals surface area contributed by atoms with Gasteiger partial charge in [-0.2, -0.15) is 0 Å². The van der Waals surface area contributed by atoms with Crippen LogP contribution in [0.2, 0.25) is 0 Å². The second-order valence-corrected chi connectivity index (χ2v) is 9.80. The van der Waals surface area contributed by atoms with E-state index in [1.807, 2.05) is 0 Å². The molecule has 2 aliphatic heterocycles. The molecule has 0 bridgehead atoms. The van der Waals surface area contributed by atoms with E-state index in [-0.39, 0.29) is 5.56 Å². The minimum atomic E-state index is -1.63. The maximum atomic E-state index is 12.9. The Morgan fingerprint density at radius 1 is 0.900 bits per heavy atom. The van der Waals surface area contributed by atoms with Crippen LogP contribution in [0.15, 0.2) is 18.3 Å². The summed E-state index contributed by atoms with van der Waals surface area (Å²) in [5.74, 6) is -1.19. The summed E-state index contributed by atoms with van der Waals surface area (Å²) in [7, 11) is 3.57. The maximum absolute atomic E-state index is 12.9. The summed E-state index contributed by atoms with van der Waals surface area (Å²) in [6.45, 7) is 0.925. The fourth-order valence-corrected chi connectivity index (χ4v) is 4.53. The Labute approximate surface area is 230 Å². The standard InChI is InChI=1S/C24H37N5O11/c1-10(32)26-16-20(36)21(40-24-17(27-11(2)33)19(35)18(34)13(8-30)39-24)14(9-31)38-23(16)28-22(37)12-5-6-15(25-7-12)29(3)4/h5-7,13-14,16-21,23-24,30-31,34-36H,8-9H2,1-4H3,(H,26,32)(H,27,33)(H,28,37)/t13-,14-,16-,17-,18-,19-,20-,21-,23-,24+/m1/s1. The lowest BCUT2D eigenvalue weighted by molar-refractivity contribution is -0.315. The number of pyridine rings is 1. The number of carbonyl (C=O) groups is 3. The van der Waals surface area contributed by atoms with Crippen LogP contribution >= 0.6 is 0 Å². The normalized spacial score (nSPS) is 34.0. The van der Waals surface area contributed by atoms with Crippen LogP contribution in [0.5, 0.6) is 0 Å². The van der Waals surface area contributed by atoms with Gasteiger partial charge in [-0.05, 0) is 12.1 Å². The second-order valence-electron chi connectivity index (χ2n) is 9.80. The predicted octanol–water partition coefficient (Wildman–Crippen LogP) is -4.21. The zero-order valence-electron chi connectivity index (χ0n) is 22.5. The quantitative estimate of drug-likeness (QED) is 0.141. The molecule has 0 saturated carbocycles. The van der Waals surface area contributed by atoms with E-state index in [0.29, 0.717) is 5.82 Å². The number of ether oxygens (including phenoxy) is 3. The summed E-state index contributed by atoms with van der Waals surface area (Å²) in [5.41, 5.74) is 0.167. The average molecular weight is 572 g/mol. The van der Waals surface area contributed by atoms with Gasteiger partial charge in [-0.3, -0.25) is 14.4 Å². The first kappa shape index (κ1) is 31.6. The molecule has 2 fully saturated rings. The number of rotatable bonds is 9. The lowest BCUT2D eigenvalue weighted by Crippen LogP contribution is -2.71. The van der Waals surface area contributed by atoms with Crippen LogP contribution in [0.3, 0.4) is 0 Å². The number of aliphatic hydroxyl groups excluding tert-OH is 5. The van der Waals surface area contributed by atoms with E-state index >= 15 is 0 Å². The fourth-order valence-electron chi connectivity index (χ4n) is 4.53. The molecule has 3 amide bonds. The first-order valence-electron chi connectivity index (χ1n) is 12.6. The molecule has 0 aliphatic carbocycles. The van der Waals surface area contributed by atoms with Gasteiger partial charge in [-0.1, -0.05) is 0 Å². The summed E-state index contributed by atoms with van der Waals surface area (Å²) in [6.07, 6.45) is -10.4. The van der Waals surface area contributed by atoms with Crippen molar-refractivity contribution in [3.05, 3.63) is 23.9 Å². The van der Waals surface area contributed by atoms with Crippen LogP contribution in [0.25, 0.3) is 0 Å². The molecule has 2 saturated heterocycles. The topological polar surface area (TPSA) is 232 Å². The SMILES string of the molecule is CC(=O)N[C@@H]1[C@@H](O)[C@H](O[C@@H]2O[C@H](CO)[C@@H](O)[C@H](O)[C@H]2NC(C)=O)[C@@H](CO)O[C@H]1NC(=O)c1ccc(N(C)C)nc1. The van der Waals surface area contributed by atoms with Crippen molar-refractivity contribution in [2.45, 2.75) is 75.1 Å². The summed E-state index contributed by atoms with van der Waals surface area (Å²) < 4.78 is 17.3. The third-order valence-corrected chi connectivity index (χ3v) is 6.55. The Hall–Kier alpha value is -2.96. The highest BCUT2D eigenvalue weighted by Crippen LogP contribution is 2.29.